The average molecular weight is 319 g/mol. The first-order chi connectivity index (χ1) is 10.6. The van der Waals surface area contributed by atoms with Crippen molar-refractivity contribution in [1.29, 1.82) is 0 Å². The van der Waals surface area contributed by atoms with Crippen molar-refractivity contribution in [1.82, 2.24) is 4.90 Å². The number of hydrogen-bond acceptors (Lipinski definition) is 2. The van der Waals surface area contributed by atoms with Crippen LogP contribution < -0.4 is 5.73 Å². The van der Waals surface area contributed by atoms with Crippen LogP contribution in [0.4, 0.5) is 4.39 Å². The number of halogens is 2. The number of piperidine rings is 1. The summed E-state index contributed by atoms with van der Waals surface area (Å²) < 4.78 is 13.1. The fraction of sp³-hybridized carbons (Fsp3) is 0.333. The molecule has 1 aliphatic rings. The second-order valence-electron chi connectivity index (χ2n) is 6.03. The molecule has 0 amide bonds. The topological polar surface area (TPSA) is 29.3 Å². The lowest BCUT2D eigenvalue weighted by Gasteiger charge is -2.36. The predicted molar refractivity (Wildman–Crippen MR) is 88.5 cm³/mol. The molecule has 1 saturated heterocycles. The highest BCUT2D eigenvalue weighted by molar-refractivity contribution is 6.31. The van der Waals surface area contributed by atoms with E-state index in [4.69, 9.17) is 17.3 Å². The van der Waals surface area contributed by atoms with Crippen LogP contribution in [0, 0.1) is 5.82 Å². The van der Waals surface area contributed by atoms with Crippen LogP contribution in [0.15, 0.2) is 48.5 Å². The van der Waals surface area contributed by atoms with Gasteiger partial charge in [0.2, 0.25) is 0 Å². The van der Waals surface area contributed by atoms with E-state index in [-0.39, 0.29) is 11.9 Å². The molecule has 116 valence electrons. The van der Waals surface area contributed by atoms with Crippen molar-refractivity contribution in [2.24, 2.45) is 5.73 Å². The molecule has 3 rings (SSSR count). The summed E-state index contributed by atoms with van der Waals surface area (Å²) in [5, 5.41) is 0.792. The van der Waals surface area contributed by atoms with Crippen LogP contribution >= 0.6 is 11.6 Å². The average Bonchev–Trinajstić information content (AvgIpc) is 2.50. The maximum atomic E-state index is 13.1. The van der Waals surface area contributed by atoms with Gasteiger partial charge in [0.15, 0.2) is 0 Å². The van der Waals surface area contributed by atoms with E-state index in [1.54, 1.807) is 0 Å². The van der Waals surface area contributed by atoms with Gasteiger partial charge in [-0.15, -0.1) is 0 Å². The molecular formula is C18H20ClFN2. The van der Waals surface area contributed by atoms with Crippen molar-refractivity contribution >= 4 is 11.6 Å². The Morgan fingerprint density at radius 2 is 1.82 bits per heavy atom. The molecule has 2 atom stereocenters. The lowest BCUT2D eigenvalue weighted by molar-refractivity contribution is 0.181. The maximum absolute atomic E-state index is 13.1. The molecule has 2 aromatic carbocycles. The Labute approximate surface area is 135 Å². The van der Waals surface area contributed by atoms with Crippen LogP contribution in [0.1, 0.15) is 23.5 Å². The molecule has 0 bridgehead atoms. The SMILES string of the molecule is NC1CC(c2ccc(F)cc2)CN(Cc2ccccc2Cl)C1. The normalized spacial score (nSPS) is 22.7. The molecule has 0 spiro atoms. The number of hydrogen-bond donors (Lipinski definition) is 1. The van der Waals surface area contributed by atoms with Crippen molar-refractivity contribution in [3.05, 3.63) is 70.5 Å². The second-order valence-corrected chi connectivity index (χ2v) is 6.44. The zero-order valence-electron chi connectivity index (χ0n) is 12.4. The molecule has 2 aromatic rings. The van der Waals surface area contributed by atoms with E-state index < -0.39 is 0 Å². The van der Waals surface area contributed by atoms with E-state index in [0.717, 1.165) is 42.2 Å². The molecule has 1 heterocycles. The summed E-state index contributed by atoms with van der Waals surface area (Å²) in [5.41, 5.74) is 8.50. The number of likely N-dealkylation sites (tertiary alicyclic amines) is 1. The van der Waals surface area contributed by atoms with Crippen LogP contribution in [-0.4, -0.2) is 24.0 Å². The summed E-state index contributed by atoms with van der Waals surface area (Å²) in [4.78, 5) is 2.34. The van der Waals surface area contributed by atoms with Gasteiger partial charge in [0.05, 0.1) is 0 Å². The molecule has 0 saturated carbocycles. The Hall–Kier alpha value is -1.42. The monoisotopic (exact) mass is 318 g/mol. The molecule has 2 N–H and O–H groups in total. The van der Waals surface area contributed by atoms with Crippen LogP contribution in [0.5, 0.6) is 0 Å². The summed E-state index contributed by atoms with van der Waals surface area (Å²) in [7, 11) is 0. The molecular weight excluding hydrogens is 299 g/mol. The predicted octanol–water partition coefficient (Wildman–Crippen LogP) is 3.80. The molecule has 4 heteroatoms. The Kier molecular flexibility index (Phi) is 4.77. The first-order valence-corrected chi connectivity index (χ1v) is 7.96. The molecule has 0 aliphatic carbocycles. The number of nitrogens with zero attached hydrogens (tertiary/aromatic N) is 1. The third kappa shape index (κ3) is 3.67. The van der Waals surface area contributed by atoms with E-state index in [1.807, 2.05) is 30.3 Å². The van der Waals surface area contributed by atoms with Crippen molar-refractivity contribution in [2.45, 2.75) is 24.9 Å². The van der Waals surface area contributed by atoms with Crippen LogP contribution in [0.2, 0.25) is 5.02 Å². The van der Waals surface area contributed by atoms with E-state index in [1.165, 1.54) is 12.1 Å². The van der Waals surface area contributed by atoms with Gasteiger partial charge in [-0.1, -0.05) is 41.9 Å². The number of nitrogens with two attached hydrogens (primary N) is 1. The van der Waals surface area contributed by atoms with Gasteiger partial charge in [-0.3, -0.25) is 4.90 Å². The van der Waals surface area contributed by atoms with Crippen molar-refractivity contribution in [2.75, 3.05) is 13.1 Å². The quantitative estimate of drug-likeness (QED) is 0.932. The van der Waals surface area contributed by atoms with Crippen molar-refractivity contribution < 1.29 is 4.39 Å². The minimum Gasteiger partial charge on any atom is -0.327 e. The summed E-state index contributed by atoms with van der Waals surface area (Å²) in [5.74, 6) is 0.142. The maximum Gasteiger partial charge on any atom is 0.123 e. The summed E-state index contributed by atoms with van der Waals surface area (Å²) >= 11 is 6.25. The van der Waals surface area contributed by atoms with E-state index >= 15 is 0 Å². The number of rotatable bonds is 3. The fourth-order valence-corrected chi connectivity index (χ4v) is 3.40. The molecule has 2 unspecified atom stereocenters. The Morgan fingerprint density at radius 1 is 1.09 bits per heavy atom. The lowest BCUT2D eigenvalue weighted by Crippen LogP contribution is -2.45. The molecule has 22 heavy (non-hydrogen) atoms. The fourth-order valence-electron chi connectivity index (χ4n) is 3.21. The van der Waals surface area contributed by atoms with Gasteiger partial charge in [0.25, 0.3) is 0 Å². The molecule has 2 nitrogen and oxygen atoms in total. The van der Waals surface area contributed by atoms with Gasteiger partial charge < -0.3 is 5.73 Å². The van der Waals surface area contributed by atoms with E-state index in [2.05, 4.69) is 11.0 Å². The third-order valence-electron chi connectivity index (χ3n) is 4.25. The number of benzene rings is 2. The van der Waals surface area contributed by atoms with Crippen LogP contribution in [0.3, 0.4) is 0 Å². The highest BCUT2D eigenvalue weighted by atomic mass is 35.5. The van der Waals surface area contributed by atoms with Crippen LogP contribution in [-0.2, 0) is 6.54 Å². The first kappa shape index (κ1) is 15.5. The highest BCUT2D eigenvalue weighted by Crippen LogP contribution is 2.28. The molecule has 0 aromatic heterocycles. The van der Waals surface area contributed by atoms with Crippen LogP contribution in [0.25, 0.3) is 0 Å². The second kappa shape index (κ2) is 6.78. The summed E-state index contributed by atoms with van der Waals surface area (Å²) in [6, 6.07) is 14.8. The van der Waals surface area contributed by atoms with Gasteiger partial charge in [-0.05, 0) is 41.7 Å². The standard InChI is InChI=1S/C18H20ClFN2/c19-18-4-2-1-3-14(18)10-22-11-15(9-17(21)12-22)13-5-7-16(20)8-6-13/h1-8,15,17H,9-12,21H2. The van der Waals surface area contributed by atoms with Crippen molar-refractivity contribution in [3.63, 3.8) is 0 Å². The Morgan fingerprint density at radius 3 is 2.55 bits per heavy atom. The Balaban J connectivity index is 1.73. The van der Waals surface area contributed by atoms with Gasteiger partial charge in [0.1, 0.15) is 5.82 Å². The van der Waals surface area contributed by atoms with Crippen molar-refractivity contribution in [3.8, 4) is 0 Å². The van der Waals surface area contributed by atoms with E-state index in [0.29, 0.717) is 5.92 Å². The smallest absolute Gasteiger partial charge is 0.123 e. The zero-order valence-corrected chi connectivity index (χ0v) is 13.1. The largest absolute Gasteiger partial charge is 0.327 e. The summed E-state index contributed by atoms with van der Waals surface area (Å²) in [6.45, 7) is 2.58. The lowest BCUT2D eigenvalue weighted by atomic mass is 9.88. The third-order valence-corrected chi connectivity index (χ3v) is 4.62. The molecule has 1 fully saturated rings. The Bertz CT molecular complexity index is 629. The van der Waals surface area contributed by atoms with Gasteiger partial charge >= 0.3 is 0 Å². The zero-order chi connectivity index (χ0) is 15.5. The summed E-state index contributed by atoms with van der Waals surface area (Å²) in [6.07, 6.45) is 0.935. The minimum atomic E-state index is -0.197. The molecule has 1 aliphatic heterocycles. The first-order valence-electron chi connectivity index (χ1n) is 7.58. The van der Waals surface area contributed by atoms with Gasteiger partial charge in [-0.2, -0.15) is 0 Å². The van der Waals surface area contributed by atoms with Gasteiger partial charge in [-0.25, -0.2) is 4.39 Å². The van der Waals surface area contributed by atoms with E-state index in [9.17, 15) is 4.39 Å². The highest BCUT2D eigenvalue weighted by Gasteiger charge is 2.26. The minimum absolute atomic E-state index is 0.131. The molecule has 0 radical (unpaired) electrons. The van der Waals surface area contributed by atoms with Gasteiger partial charge in [0, 0.05) is 30.7 Å².